The van der Waals surface area contributed by atoms with Crippen LogP contribution in [-0.2, 0) is 0 Å². The summed E-state index contributed by atoms with van der Waals surface area (Å²) in [4.78, 5) is 0. The van der Waals surface area contributed by atoms with Gasteiger partial charge in [-0.15, -0.1) is 0 Å². The maximum Gasteiger partial charge on any atom is 0.139 e. The molecule has 0 fully saturated rings. The minimum absolute atomic E-state index is 0.327. The minimum Gasteiger partial charge on any atom is -0.397 e. The first-order valence-corrected chi connectivity index (χ1v) is 6.42. The first-order valence-electron chi connectivity index (χ1n) is 5.25. The molecule has 0 atom stereocenters. The summed E-state index contributed by atoms with van der Waals surface area (Å²) in [7, 11) is 0. The van der Waals surface area contributed by atoms with Crippen LogP contribution in [0.15, 0.2) is 34.8 Å². The van der Waals surface area contributed by atoms with Gasteiger partial charge in [-0.2, -0.15) is 0 Å². The molecule has 0 saturated heterocycles. The lowest BCUT2D eigenvalue weighted by Crippen LogP contribution is -1.98. The van der Waals surface area contributed by atoms with Crippen LogP contribution >= 0.6 is 27.5 Å². The van der Waals surface area contributed by atoms with Crippen molar-refractivity contribution in [2.45, 2.75) is 6.92 Å². The first kappa shape index (κ1) is 13.2. The highest BCUT2D eigenvalue weighted by molar-refractivity contribution is 9.10. The van der Waals surface area contributed by atoms with Crippen LogP contribution < -0.4 is 11.1 Å². The van der Waals surface area contributed by atoms with Crippen molar-refractivity contribution >= 4 is 44.6 Å². The lowest BCUT2D eigenvalue weighted by atomic mass is 10.2. The molecule has 3 N–H and O–H groups in total. The summed E-state index contributed by atoms with van der Waals surface area (Å²) in [6, 6.07) is 8.46. The van der Waals surface area contributed by atoms with Gasteiger partial charge in [0.2, 0.25) is 0 Å². The monoisotopic (exact) mass is 328 g/mol. The zero-order chi connectivity index (χ0) is 13.3. The van der Waals surface area contributed by atoms with Crippen LogP contribution in [0.2, 0.25) is 5.02 Å². The number of aryl methyl sites for hydroxylation is 1. The van der Waals surface area contributed by atoms with Gasteiger partial charge in [-0.05, 0) is 46.6 Å². The molecule has 0 unspecified atom stereocenters. The van der Waals surface area contributed by atoms with E-state index in [0.717, 1.165) is 11.3 Å². The Kier molecular flexibility index (Phi) is 3.78. The fourth-order valence-electron chi connectivity index (χ4n) is 1.55. The van der Waals surface area contributed by atoms with Crippen molar-refractivity contribution < 1.29 is 4.39 Å². The second-order valence-corrected chi connectivity index (χ2v) is 5.22. The number of nitrogens with one attached hydrogen (secondary N) is 1. The van der Waals surface area contributed by atoms with Crippen LogP contribution in [0.4, 0.5) is 21.5 Å². The summed E-state index contributed by atoms with van der Waals surface area (Å²) >= 11 is 9.20. The van der Waals surface area contributed by atoms with E-state index in [2.05, 4.69) is 21.2 Å². The van der Waals surface area contributed by atoms with E-state index in [1.807, 2.05) is 19.1 Å². The zero-order valence-electron chi connectivity index (χ0n) is 9.60. The Morgan fingerprint density at radius 3 is 2.67 bits per heavy atom. The smallest absolute Gasteiger partial charge is 0.139 e. The maximum atomic E-state index is 13.3. The van der Waals surface area contributed by atoms with Crippen LogP contribution in [0.25, 0.3) is 0 Å². The first-order chi connectivity index (χ1) is 8.47. The van der Waals surface area contributed by atoms with Gasteiger partial charge in [0.25, 0.3) is 0 Å². The molecule has 0 spiro atoms. The SMILES string of the molecule is Cc1ccc(Cl)c(Nc2cc(Br)c(F)cc2N)c1. The van der Waals surface area contributed by atoms with Crippen LogP contribution in [0.3, 0.4) is 0 Å². The van der Waals surface area contributed by atoms with Crippen molar-refractivity contribution in [2.24, 2.45) is 0 Å². The molecular formula is C13H11BrClFN2. The van der Waals surface area contributed by atoms with Gasteiger partial charge in [0.1, 0.15) is 5.82 Å². The van der Waals surface area contributed by atoms with Crippen LogP contribution in [0, 0.1) is 12.7 Å². The van der Waals surface area contributed by atoms with Gasteiger partial charge in [0, 0.05) is 6.07 Å². The van der Waals surface area contributed by atoms with Crippen LogP contribution in [0.5, 0.6) is 0 Å². The lowest BCUT2D eigenvalue weighted by Gasteiger charge is -2.12. The molecule has 0 amide bonds. The van der Waals surface area contributed by atoms with Crippen molar-refractivity contribution in [3.63, 3.8) is 0 Å². The lowest BCUT2D eigenvalue weighted by molar-refractivity contribution is 0.622. The number of hydrogen-bond acceptors (Lipinski definition) is 2. The Labute approximate surface area is 118 Å². The number of anilines is 3. The third kappa shape index (κ3) is 2.76. The topological polar surface area (TPSA) is 38.0 Å². The zero-order valence-corrected chi connectivity index (χ0v) is 11.9. The Morgan fingerprint density at radius 2 is 1.94 bits per heavy atom. The molecule has 2 nitrogen and oxygen atoms in total. The van der Waals surface area contributed by atoms with Gasteiger partial charge in [-0.25, -0.2) is 4.39 Å². The van der Waals surface area contributed by atoms with Gasteiger partial charge >= 0.3 is 0 Å². The highest BCUT2D eigenvalue weighted by atomic mass is 79.9. The van der Waals surface area contributed by atoms with Crippen molar-refractivity contribution in [1.82, 2.24) is 0 Å². The Hall–Kier alpha value is -1.26. The second kappa shape index (κ2) is 5.16. The molecule has 18 heavy (non-hydrogen) atoms. The largest absolute Gasteiger partial charge is 0.397 e. The van der Waals surface area contributed by atoms with Crippen LogP contribution in [-0.4, -0.2) is 0 Å². The average Bonchev–Trinajstić information content (AvgIpc) is 2.30. The van der Waals surface area contributed by atoms with Gasteiger partial charge in [-0.1, -0.05) is 17.7 Å². The number of nitrogen functional groups attached to an aromatic ring is 1. The van der Waals surface area contributed by atoms with E-state index in [1.165, 1.54) is 6.07 Å². The van der Waals surface area contributed by atoms with Crippen LogP contribution in [0.1, 0.15) is 5.56 Å². The third-order valence-electron chi connectivity index (χ3n) is 2.48. The number of rotatable bonds is 2. The van der Waals surface area contributed by atoms with Crippen molar-refractivity contribution in [2.75, 3.05) is 11.1 Å². The van der Waals surface area contributed by atoms with Gasteiger partial charge in [-0.3, -0.25) is 0 Å². The van der Waals surface area contributed by atoms with Gasteiger partial charge in [0.05, 0.1) is 26.6 Å². The number of halogens is 3. The van der Waals surface area contributed by atoms with E-state index < -0.39 is 5.82 Å². The molecule has 0 aromatic heterocycles. The van der Waals surface area contributed by atoms with E-state index in [9.17, 15) is 4.39 Å². The van der Waals surface area contributed by atoms with E-state index in [1.54, 1.807) is 12.1 Å². The summed E-state index contributed by atoms with van der Waals surface area (Å²) in [5, 5.41) is 3.68. The van der Waals surface area contributed by atoms with Crippen molar-refractivity contribution in [3.8, 4) is 0 Å². The summed E-state index contributed by atoms with van der Waals surface area (Å²) in [5.41, 5.74) is 8.50. The van der Waals surface area contributed by atoms with Gasteiger partial charge < -0.3 is 11.1 Å². The Morgan fingerprint density at radius 1 is 1.22 bits per heavy atom. The normalized spacial score (nSPS) is 10.4. The average molecular weight is 330 g/mol. The summed E-state index contributed by atoms with van der Waals surface area (Å²) < 4.78 is 13.6. The molecule has 2 aromatic rings. The highest BCUT2D eigenvalue weighted by Crippen LogP contribution is 2.32. The molecule has 94 valence electrons. The number of benzene rings is 2. The second-order valence-electron chi connectivity index (χ2n) is 3.96. The molecular weight excluding hydrogens is 319 g/mol. The van der Waals surface area contributed by atoms with Crippen molar-refractivity contribution in [3.05, 3.63) is 51.2 Å². The fraction of sp³-hybridized carbons (Fsp3) is 0.0769. The van der Waals surface area contributed by atoms with Gasteiger partial charge in [0.15, 0.2) is 0 Å². The predicted molar refractivity (Wildman–Crippen MR) is 78.0 cm³/mol. The number of hydrogen-bond donors (Lipinski definition) is 2. The van der Waals surface area contributed by atoms with E-state index in [-0.39, 0.29) is 0 Å². The minimum atomic E-state index is -0.395. The molecule has 2 aromatic carbocycles. The molecule has 0 saturated carbocycles. The van der Waals surface area contributed by atoms with E-state index in [4.69, 9.17) is 17.3 Å². The number of nitrogens with two attached hydrogens (primary N) is 1. The highest BCUT2D eigenvalue weighted by Gasteiger charge is 2.08. The van der Waals surface area contributed by atoms with Crippen molar-refractivity contribution in [1.29, 1.82) is 0 Å². The molecule has 0 aliphatic carbocycles. The quantitative estimate of drug-likeness (QED) is 0.771. The predicted octanol–water partition coefficient (Wildman–Crippen LogP) is 4.88. The van der Waals surface area contributed by atoms with E-state index in [0.29, 0.717) is 20.9 Å². The summed E-state index contributed by atoms with van der Waals surface area (Å²) in [6.07, 6.45) is 0. The molecule has 0 aliphatic heterocycles. The summed E-state index contributed by atoms with van der Waals surface area (Å²) in [6.45, 7) is 1.96. The molecule has 0 radical (unpaired) electrons. The standard InChI is InChI=1S/C13H11BrClFN2/c1-7-2-3-9(15)12(4-7)18-13-5-8(14)10(16)6-11(13)17/h2-6,18H,17H2,1H3. The molecule has 0 bridgehead atoms. The van der Waals surface area contributed by atoms with E-state index >= 15 is 0 Å². The maximum absolute atomic E-state index is 13.3. The molecule has 0 aliphatic rings. The Balaban J connectivity index is 2.40. The third-order valence-corrected chi connectivity index (χ3v) is 3.42. The molecule has 0 heterocycles. The molecule has 2 rings (SSSR count). The fourth-order valence-corrected chi connectivity index (χ4v) is 2.06. The molecule has 5 heteroatoms. The summed E-state index contributed by atoms with van der Waals surface area (Å²) in [5.74, 6) is -0.395. The Bertz CT molecular complexity index is 602.